The van der Waals surface area contributed by atoms with Crippen molar-refractivity contribution < 1.29 is 19.4 Å². The van der Waals surface area contributed by atoms with Crippen molar-refractivity contribution in [2.75, 3.05) is 11.5 Å². The quantitative estimate of drug-likeness (QED) is 0.307. The highest BCUT2D eigenvalue weighted by Gasteiger charge is 2.47. The molecule has 1 amide bonds. The largest absolute Gasteiger partial charge is 0.507 e. The molecule has 2 heterocycles. The molecule has 6 heteroatoms. The molecule has 1 atom stereocenters. The molecule has 1 N–H and O–H groups in total. The van der Waals surface area contributed by atoms with Gasteiger partial charge in [-0.25, -0.2) is 0 Å². The number of rotatable bonds is 6. The van der Waals surface area contributed by atoms with Crippen LogP contribution in [0.15, 0.2) is 72.6 Å². The third kappa shape index (κ3) is 4.31. The molecule has 34 heavy (non-hydrogen) atoms. The molecule has 0 radical (unpaired) electrons. The van der Waals surface area contributed by atoms with Gasteiger partial charge in [0.1, 0.15) is 11.5 Å². The maximum atomic E-state index is 13.3. The molecule has 1 unspecified atom stereocenters. The van der Waals surface area contributed by atoms with Crippen molar-refractivity contribution in [3.63, 3.8) is 0 Å². The first-order chi connectivity index (χ1) is 16.3. The Morgan fingerprint density at radius 2 is 1.79 bits per heavy atom. The topological polar surface area (TPSA) is 79.7 Å². The summed E-state index contributed by atoms with van der Waals surface area (Å²) in [6.07, 6.45) is 3.24. The Morgan fingerprint density at radius 1 is 1.06 bits per heavy atom. The maximum Gasteiger partial charge on any atom is 0.300 e. The second-order valence-electron chi connectivity index (χ2n) is 8.90. The minimum absolute atomic E-state index is 0.0368. The second kappa shape index (κ2) is 9.51. The van der Waals surface area contributed by atoms with Crippen LogP contribution in [-0.2, 0) is 9.59 Å². The smallest absolute Gasteiger partial charge is 0.300 e. The Morgan fingerprint density at radius 3 is 2.44 bits per heavy atom. The van der Waals surface area contributed by atoms with Crippen LogP contribution in [0.4, 0.5) is 5.69 Å². The lowest BCUT2D eigenvalue weighted by molar-refractivity contribution is -0.132. The van der Waals surface area contributed by atoms with Crippen molar-refractivity contribution in [3.05, 3.63) is 94.8 Å². The molecule has 0 spiro atoms. The lowest BCUT2D eigenvalue weighted by Gasteiger charge is -2.27. The Labute approximate surface area is 199 Å². The third-order valence-corrected chi connectivity index (χ3v) is 5.99. The first kappa shape index (κ1) is 23.2. The van der Waals surface area contributed by atoms with Gasteiger partial charge in [-0.3, -0.25) is 19.5 Å². The van der Waals surface area contributed by atoms with E-state index in [0.717, 1.165) is 11.1 Å². The molecule has 0 aliphatic carbocycles. The molecule has 0 bridgehead atoms. The number of ketones is 1. The second-order valence-corrected chi connectivity index (χ2v) is 8.90. The summed E-state index contributed by atoms with van der Waals surface area (Å²) in [7, 11) is 0. The zero-order chi connectivity index (χ0) is 24.4. The van der Waals surface area contributed by atoms with Gasteiger partial charge in [0.25, 0.3) is 11.7 Å². The molecule has 2 aromatic carbocycles. The number of anilines is 1. The number of pyridine rings is 1. The molecule has 4 rings (SSSR count). The lowest BCUT2D eigenvalue weighted by atomic mass is 9.95. The van der Waals surface area contributed by atoms with Crippen LogP contribution in [0.5, 0.6) is 5.75 Å². The Balaban J connectivity index is 1.83. The van der Waals surface area contributed by atoms with E-state index in [2.05, 4.69) is 18.8 Å². The summed E-state index contributed by atoms with van der Waals surface area (Å²) in [5, 5.41) is 11.3. The molecule has 174 valence electrons. The number of aliphatic hydroxyl groups is 1. The van der Waals surface area contributed by atoms with Crippen molar-refractivity contribution in [2.45, 2.75) is 33.7 Å². The number of amides is 1. The predicted octanol–water partition coefficient (Wildman–Crippen LogP) is 5.36. The number of nitrogens with zero attached hydrogens (tertiary/aromatic N) is 2. The molecule has 1 saturated heterocycles. The van der Waals surface area contributed by atoms with E-state index in [0.29, 0.717) is 35.1 Å². The molecular formula is C28H28N2O4. The summed E-state index contributed by atoms with van der Waals surface area (Å²) < 4.78 is 5.72. The molecule has 3 aromatic rings. The number of carbonyl (C=O) groups excluding carboxylic acids is 2. The van der Waals surface area contributed by atoms with Gasteiger partial charge < -0.3 is 9.84 Å². The minimum atomic E-state index is -0.800. The molecule has 1 aromatic heterocycles. The average molecular weight is 457 g/mol. The summed E-state index contributed by atoms with van der Waals surface area (Å²) in [5.41, 5.74) is 3.64. The summed E-state index contributed by atoms with van der Waals surface area (Å²) in [6, 6.07) is 15.3. The molecule has 6 nitrogen and oxygen atoms in total. The fraction of sp³-hybridized carbons (Fsp3) is 0.250. The number of hydrogen-bond donors (Lipinski definition) is 1. The normalized spacial score (nSPS) is 17.4. The zero-order valence-electron chi connectivity index (χ0n) is 19.8. The predicted molar refractivity (Wildman–Crippen MR) is 132 cm³/mol. The number of hydrogen-bond acceptors (Lipinski definition) is 5. The summed E-state index contributed by atoms with van der Waals surface area (Å²) in [5.74, 6) is -0.581. The van der Waals surface area contributed by atoms with Crippen molar-refractivity contribution in [3.8, 4) is 5.75 Å². The van der Waals surface area contributed by atoms with Gasteiger partial charge in [0.05, 0.1) is 18.2 Å². The monoisotopic (exact) mass is 456 g/mol. The van der Waals surface area contributed by atoms with Crippen molar-refractivity contribution in [1.82, 2.24) is 4.98 Å². The Kier molecular flexibility index (Phi) is 6.50. The highest BCUT2D eigenvalue weighted by molar-refractivity contribution is 6.51. The van der Waals surface area contributed by atoms with Crippen molar-refractivity contribution in [2.24, 2.45) is 5.92 Å². The van der Waals surface area contributed by atoms with Crippen LogP contribution >= 0.6 is 0 Å². The summed E-state index contributed by atoms with van der Waals surface area (Å²) in [6.45, 7) is 8.58. The highest BCUT2D eigenvalue weighted by atomic mass is 16.5. The van der Waals surface area contributed by atoms with Gasteiger partial charge in [-0.15, -0.1) is 0 Å². The van der Waals surface area contributed by atoms with Gasteiger partial charge in [0.15, 0.2) is 0 Å². The molecule has 1 aliphatic rings. The molecule has 0 saturated carbocycles. The van der Waals surface area contributed by atoms with Crippen molar-refractivity contribution >= 4 is 23.1 Å². The first-order valence-corrected chi connectivity index (χ1v) is 11.3. The van der Waals surface area contributed by atoms with E-state index in [9.17, 15) is 14.7 Å². The summed E-state index contributed by atoms with van der Waals surface area (Å²) in [4.78, 5) is 32.2. The van der Waals surface area contributed by atoms with Crippen LogP contribution in [0.3, 0.4) is 0 Å². The number of Topliss-reactive ketones (excluding diaryl/α,β-unsaturated/α-hetero) is 1. The van der Waals surface area contributed by atoms with Crippen LogP contribution in [0.25, 0.3) is 5.76 Å². The highest BCUT2D eigenvalue weighted by Crippen LogP contribution is 2.43. The van der Waals surface area contributed by atoms with Gasteiger partial charge in [0, 0.05) is 23.6 Å². The number of ether oxygens (including phenoxy) is 1. The standard InChI is InChI=1S/C28H28N2O4/c1-17(2)16-34-22-12-10-20(11-13-22)26(31)24-25(21-8-6-14-29-15-21)30(28(33)27(24)32)23-9-5-7-18(3)19(23)4/h5-15,17,25,31H,16H2,1-4H3/b26-24+. The van der Waals surface area contributed by atoms with Crippen LogP contribution in [0.2, 0.25) is 0 Å². The number of benzene rings is 2. The lowest BCUT2D eigenvalue weighted by Crippen LogP contribution is -2.30. The van der Waals surface area contributed by atoms with Gasteiger partial charge in [-0.05, 0) is 72.9 Å². The number of aryl methyl sites for hydroxylation is 1. The van der Waals surface area contributed by atoms with E-state index in [4.69, 9.17) is 4.74 Å². The van der Waals surface area contributed by atoms with Crippen LogP contribution in [0, 0.1) is 19.8 Å². The molecule has 1 fully saturated rings. The fourth-order valence-corrected chi connectivity index (χ4v) is 4.06. The van der Waals surface area contributed by atoms with E-state index >= 15 is 0 Å². The van der Waals surface area contributed by atoms with Crippen molar-refractivity contribution in [1.29, 1.82) is 0 Å². The Hall–Kier alpha value is -3.93. The summed E-state index contributed by atoms with van der Waals surface area (Å²) >= 11 is 0. The number of carbonyl (C=O) groups is 2. The molecule has 1 aliphatic heterocycles. The fourth-order valence-electron chi connectivity index (χ4n) is 4.06. The van der Waals surface area contributed by atoms with E-state index in [1.54, 1.807) is 48.8 Å². The third-order valence-electron chi connectivity index (χ3n) is 5.99. The van der Waals surface area contributed by atoms with Crippen LogP contribution in [-0.4, -0.2) is 28.4 Å². The Bertz CT molecular complexity index is 1250. The van der Waals surface area contributed by atoms with Gasteiger partial charge in [-0.1, -0.05) is 32.0 Å². The van der Waals surface area contributed by atoms with Gasteiger partial charge in [0.2, 0.25) is 0 Å². The van der Waals surface area contributed by atoms with E-state index < -0.39 is 17.7 Å². The zero-order valence-corrected chi connectivity index (χ0v) is 19.8. The van der Waals surface area contributed by atoms with Crippen LogP contribution in [0.1, 0.15) is 42.1 Å². The van der Waals surface area contributed by atoms with E-state index in [1.807, 2.05) is 32.0 Å². The van der Waals surface area contributed by atoms with E-state index in [-0.39, 0.29) is 11.3 Å². The first-order valence-electron chi connectivity index (χ1n) is 11.3. The van der Waals surface area contributed by atoms with Gasteiger partial charge in [-0.2, -0.15) is 0 Å². The number of aliphatic hydroxyl groups excluding tert-OH is 1. The van der Waals surface area contributed by atoms with Crippen LogP contribution < -0.4 is 9.64 Å². The maximum absolute atomic E-state index is 13.3. The number of aromatic nitrogens is 1. The molecular weight excluding hydrogens is 428 g/mol. The minimum Gasteiger partial charge on any atom is -0.507 e. The van der Waals surface area contributed by atoms with Gasteiger partial charge >= 0.3 is 0 Å². The van der Waals surface area contributed by atoms with E-state index in [1.165, 1.54) is 4.90 Å². The SMILES string of the molecule is Cc1cccc(N2C(=O)C(=O)/C(=C(/O)c3ccc(OCC(C)C)cc3)C2c2cccnc2)c1C. The average Bonchev–Trinajstić information content (AvgIpc) is 3.10.